The van der Waals surface area contributed by atoms with Gasteiger partial charge < -0.3 is 14.0 Å². The number of carbonyl (C=O) groups is 1. The minimum atomic E-state index is -0.274. The van der Waals surface area contributed by atoms with Crippen LogP contribution in [-0.2, 0) is 7.05 Å². The number of likely N-dealkylation sites (tertiary alicyclic amines) is 1. The number of H-pyrrole nitrogens is 1. The lowest BCUT2D eigenvalue weighted by molar-refractivity contribution is 0.0709. The Labute approximate surface area is 174 Å². The van der Waals surface area contributed by atoms with Crippen molar-refractivity contribution in [3.8, 4) is 5.69 Å². The summed E-state index contributed by atoms with van der Waals surface area (Å²) in [5, 5.41) is 7.19. The fourth-order valence-corrected chi connectivity index (χ4v) is 4.34. The number of aryl methyl sites for hydroxylation is 1. The normalized spacial score (nSPS) is 15.1. The van der Waals surface area contributed by atoms with Gasteiger partial charge in [-0.3, -0.25) is 9.89 Å². The second-order valence-corrected chi connectivity index (χ2v) is 8.00. The molecular weight excluding hydrogens is 389 g/mol. The Morgan fingerprint density at radius 2 is 1.86 bits per heavy atom. The van der Waals surface area contributed by atoms with Crippen LogP contribution in [0.15, 0.2) is 30.3 Å². The number of hydrogen-bond acceptors (Lipinski definition) is 3. The predicted molar refractivity (Wildman–Crippen MR) is 111 cm³/mol. The summed E-state index contributed by atoms with van der Waals surface area (Å²) in [4.78, 5) is 15.1. The summed E-state index contributed by atoms with van der Waals surface area (Å²) in [6.45, 7) is 5.27. The number of carbonyl (C=O) groups excluding carboxylic acids is 1. The van der Waals surface area contributed by atoms with Crippen LogP contribution in [0.3, 0.4) is 0 Å². The standard InChI is InChI=1S/C21H24FN5OS/c1-13-12-18(14(2)27(13)17-6-4-16(22)5-7-17)20(28)26-10-8-15(9-11-26)19-23-24-21(29)25(19)3/h4-7,12,15H,8-11H2,1-3H3,(H,24,29). The van der Waals surface area contributed by atoms with E-state index in [-0.39, 0.29) is 11.7 Å². The van der Waals surface area contributed by atoms with Gasteiger partial charge in [-0.1, -0.05) is 0 Å². The molecule has 0 bridgehead atoms. The van der Waals surface area contributed by atoms with Crippen LogP contribution in [0.25, 0.3) is 5.69 Å². The molecule has 0 unspecified atom stereocenters. The average Bonchev–Trinajstić information content (AvgIpc) is 3.21. The van der Waals surface area contributed by atoms with Crippen molar-refractivity contribution in [2.75, 3.05) is 13.1 Å². The van der Waals surface area contributed by atoms with Crippen molar-refractivity contribution in [2.24, 2.45) is 7.05 Å². The summed E-state index contributed by atoms with van der Waals surface area (Å²) in [5.41, 5.74) is 3.37. The molecule has 0 spiro atoms. The Balaban J connectivity index is 1.52. The number of benzene rings is 1. The van der Waals surface area contributed by atoms with Gasteiger partial charge in [-0.15, -0.1) is 0 Å². The first-order valence-corrected chi connectivity index (χ1v) is 10.1. The lowest BCUT2D eigenvalue weighted by Gasteiger charge is -2.31. The SMILES string of the molecule is Cc1cc(C(=O)N2CCC(c3n[nH]c(=S)n3C)CC2)c(C)n1-c1ccc(F)cc1. The van der Waals surface area contributed by atoms with Crippen molar-refractivity contribution in [2.45, 2.75) is 32.6 Å². The lowest BCUT2D eigenvalue weighted by Crippen LogP contribution is -2.38. The quantitative estimate of drug-likeness (QED) is 0.659. The number of aromatic nitrogens is 4. The number of aromatic amines is 1. The second kappa shape index (κ2) is 7.59. The molecular formula is C21H24FN5OS. The van der Waals surface area contributed by atoms with E-state index in [9.17, 15) is 9.18 Å². The molecule has 3 aromatic rings. The van der Waals surface area contributed by atoms with Gasteiger partial charge >= 0.3 is 0 Å². The van der Waals surface area contributed by atoms with E-state index in [4.69, 9.17) is 12.2 Å². The summed E-state index contributed by atoms with van der Waals surface area (Å²) in [7, 11) is 1.92. The third kappa shape index (κ3) is 3.53. The van der Waals surface area contributed by atoms with Gasteiger partial charge in [0.05, 0.1) is 5.56 Å². The monoisotopic (exact) mass is 413 g/mol. The molecule has 4 rings (SSSR count). The predicted octanol–water partition coefficient (Wildman–Crippen LogP) is 4.04. The zero-order valence-corrected chi connectivity index (χ0v) is 17.6. The van der Waals surface area contributed by atoms with E-state index >= 15 is 0 Å². The molecule has 8 heteroatoms. The van der Waals surface area contributed by atoms with Crippen molar-refractivity contribution in [3.63, 3.8) is 0 Å². The molecule has 1 N–H and O–H groups in total. The van der Waals surface area contributed by atoms with E-state index in [0.29, 0.717) is 29.3 Å². The Bertz CT molecular complexity index is 1100. The molecule has 0 saturated carbocycles. The molecule has 1 aliphatic heterocycles. The van der Waals surface area contributed by atoms with Crippen LogP contribution in [0.1, 0.15) is 46.3 Å². The summed E-state index contributed by atoms with van der Waals surface area (Å²) < 4.78 is 17.8. The number of rotatable bonds is 3. The fourth-order valence-electron chi connectivity index (χ4n) is 4.20. The van der Waals surface area contributed by atoms with E-state index in [1.54, 1.807) is 12.1 Å². The largest absolute Gasteiger partial charge is 0.339 e. The highest BCUT2D eigenvalue weighted by atomic mass is 32.1. The van der Waals surface area contributed by atoms with Crippen LogP contribution in [-0.4, -0.2) is 43.2 Å². The summed E-state index contributed by atoms with van der Waals surface area (Å²) in [6.07, 6.45) is 1.71. The molecule has 1 saturated heterocycles. The maximum Gasteiger partial charge on any atom is 0.255 e. The molecule has 0 atom stereocenters. The van der Waals surface area contributed by atoms with Crippen LogP contribution in [0.4, 0.5) is 4.39 Å². The summed E-state index contributed by atoms with van der Waals surface area (Å²) in [5.74, 6) is 1.02. The number of hydrogen-bond donors (Lipinski definition) is 1. The van der Waals surface area contributed by atoms with E-state index in [1.807, 2.05) is 41.0 Å². The van der Waals surface area contributed by atoms with E-state index in [1.165, 1.54) is 12.1 Å². The van der Waals surface area contributed by atoms with Crippen molar-refractivity contribution in [3.05, 3.63) is 63.7 Å². The van der Waals surface area contributed by atoms with Gasteiger partial charge in [0, 0.05) is 43.1 Å². The van der Waals surface area contributed by atoms with Crippen molar-refractivity contribution < 1.29 is 9.18 Å². The number of nitrogens with zero attached hydrogens (tertiary/aromatic N) is 4. The van der Waals surface area contributed by atoms with Gasteiger partial charge in [-0.25, -0.2) is 4.39 Å². The van der Waals surface area contributed by atoms with Gasteiger partial charge in [0.1, 0.15) is 11.6 Å². The maximum absolute atomic E-state index is 13.3. The first-order chi connectivity index (χ1) is 13.9. The average molecular weight is 414 g/mol. The number of halogens is 1. The molecule has 6 nitrogen and oxygen atoms in total. The van der Waals surface area contributed by atoms with Crippen LogP contribution in [0.2, 0.25) is 0 Å². The van der Waals surface area contributed by atoms with Gasteiger partial charge in [0.2, 0.25) is 0 Å². The van der Waals surface area contributed by atoms with Crippen molar-refractivity contribution in [1.82, 2.24) is 24.2 Å². The minimum absolute atomic E-state index is 0.0419. The highest BCUT2D eigenvalue weighted by molar-refractivity contribution is 7.71. The van der Waals surface area contributed by atoms with E-state index in [0.717, 1.165) is 35.7 Å². The van der Waals surface area contributed by atoms with E-state index in [2.05, 4.69) is 10.2 Å². The van der Waals surface area contributed by atoms with Gasteiger partial charge in [0.25, 0.3) is 5.91 Å². The summed E-state index contributed by atoms with van der Waals surface area (Å²) in [6, 6.07) is 8.25. The van der Waals surface area contributed by atoms with Gasteiger partial charge in [-0.2, -0.15) is 5.10 Å². The lowest BCUT2D eigenvalue weighted by atomic mass is 9.95. The minimum Gasteiger partial charge on any atom is -0.339 e. The molecule has 1 aliphatic rings. The Hall–Kier alpha value is -2.74. The molecule has 29 heavy (non-hydrogen) atoms. The number of piperidine rings is 1. The maximum atomic E-state index is 13.3. The van der Waals surface area contributed by atoms with Crippen LogP contribution in [0, 0.1) is 24.4 Å². The van der Waals surface area contributed by atoms with Crippen molar-refractivity contribution in [1.29, 1.82) is 0 Å². The molecule has 0 radical (unpaired) electrons. The van der Waals surface area contributed by atoms with Gasteiger partial charge in [0.15, 0.2) is 4.77 Å². The molecule has 152 valence electrons. The van der Waals surface area contributed by atoms with Crippen molar-refractivity contribution >= 4 is 18.1 Å². The Morgan fingerprint density at radius 1 is 1.21 bits per heavy atom. The number of amides is 1. The molecule has 1 fully saturated rings. The highest BCUT2D eigenvalue weighted by Gasteiger charge is 2.29. The van der Waals surface area contributed by atoms with E-state index < -0.39 is 0 Å². The summed E-state index contributed by atoms with van der Waals surface area (Å²) >= 11 is 5.21. The smallest absolute Gasteiger partial charge is 0.255 e. The fraction of sp³-hybridized carbons (Fsp3) is 0.381. The zero-order chi connectivity index (χ0) is 20.7. The van der Waals surface area contributed by atoms with Crippen LogP contribution in [0.5, 0.6) is 0 Å². The molecule has 2 aromatic heterocycles. The third-order valence-corrected chi connectivity index (χ3v) is 6.17. The third-order valence-electron chi connectivity index (χ3n) is 5.81. The topological polar surface area (TPSA) is 58.9 Å². The Kier molecular flexibility index (Phi) is 5.12. The first kappa shape index (κ1) is 19.6. The van der Waals surface area contributed by atoms with Gasteiger partial charge in [-0.05, 0) is 69.2 Å². The molecule has 0 aliphatic carbocycles. The molecule has 1 aromatic carbocycles. The number of nitrogens with one attached hydrogen (secondary N) is 1. The Morgan fingerprint density at radius 3 is 2.45 bits per heavy atom. The second-order valence-electron chi connectivity index (χ2n) is 7.61. The first-order valence-electron chi connectivity index (χ1n) is 9.72. The molecule has 1 amide bonds. The zero-order valence-electron chi connectivity index (χ0n) is 16.8. The molecule has 3 heterocycles. The van der Waals surface area contributed by atoms with Crippen LogP contribution < -0.4 is 0 Å². The van der Waals surface area contributed by atoms with Crippen LogP contribution >= 0.6 is 12.2 Å². The highest BCUT2D eigenvalue weighted by Crippen LogP contribution is 2.29.